The maximum atomic E-state index is 12.6. The van der Waals surface area contributed by atoms with E-state index < -0.39 is 15.1 Å². The summed E-state index contributed by atoms with van der Waals surface area (Å²) in [5.41, 5.74) is 1.03. The highest BCUT2D eigenvalue weighted by atomic mass is 32.2. The fraction of sp³-hybridized carbons (Fsp3) is 0.389. The van der Waals surface area contributed by atoms with Crippen LogP contribution < -0.4 is 0 Å². The third-order valence-electron chi connectivity index (χ3n) is 3.42. The normalized spacial score (nSPS) is 13.0. The molecule has 0 radical (unpaired) electrons. The standard InChI is InChI=1S/C18H24O4S/c1-4-17(9-7-5-6-8-14-22-16(3)19)23(20,21)18-12-10-15(2)11-13-18/h4,6,8,10-13,17H,1,5,7,9,14H2,2-3H3/b8-6+/t17-/m1/s1. The molecule has 1 atom stereocenters. The quantitative estimate of drug-likeness (QED) is 0.393. The summed E-state index contributed by atoms with van der Waals surface area (Å²) in [5, 5.41) is -0.591. The van der Waals surface area contributed by atoms with Crippen molar-refractivity contribution >= 4 is 15.8 Å². The van der Waals surface area contributed by atoms with Crippen LogP contribution in [0.5, 0.6) is 0 Å². The van der Waals surface area contributed by atoms with Gasteiger partial charge in [-0.3, -0.25) is 4.79 Å². The minimum absolute atomic E-state index is 0.252. The summed E-state index contributed by atoms with van der Waals surface area (Å²) in [4.78, 5) is 10.9. The van der Waals surface area contributed by atoms with Crippen LogP contribution in [0.1, 0.15) is 31.7 Å². The van der Waals surface area contributed by atoms with Crippen LogP contribution in [0.25, 0.3) is 0 Å². The second kappa shape index (κ2) is 9.30. The topological polar surface area (TPSA) is 60.4 Å². The molecular formula is C18H24O4S. The summed E-state index contributed by atoms with van der Waals surface area (Å²) < 4.78 is 29.9. The molecule has 0 aliphatic heterocycles. The number of aryl methyl sites for hydroxylation is 1. The van der Waals surface area contributed by atoms with Gasteiger partial charge in [0, 0.05) is 6.92 Å². The zero-order chi connectivity index (χ0) is 17.3. The van der Waals surface area contributed by atoms with Gasteiger partial charge in [-0.2, -0.15) is 0 Å². The number of unbranched alkanes of at least 4 members (excludes halogenated alkanes) is 1. The smallest absolute Gasteiger partial charge is 0.302 e. The summed E-state index contributed by atoms with van der Waals surface area (Å²) >= 11 is 0. The van der Waals surface area contributed by atoms with Gasteiger partial charge in [0.25, 0.3) is 0 Å². The summed E-state index contributed by atoms with van der Waals surface area (Å²) in [5.74, 6) is -0.314. The number of carbonyl (C=O) groups excluding carboxylic acids is 1. The van der Waals surface area contributed by atoms with E-state index in [1.807, 2.05) is 13.0 Å². The highest BCUT2D eigenvalue weighted by Gasteiger charge is 2.23. The monoisotopic (exact) mass is 336 g/mol. The van der Waals surface area contributed by atoms with Crippen molar-refractivity contribution in [3.63, 3.8) is 0 Å². The number of carbonyl (C=O) groups is 1. The Morgan fingerprint density at radius 3 is 2.48 bits per heavy atom. The van der Waals surface area contributed by atoms with Crippen LogP contribution in [-0.2, 0) is 19.4 Å². The molecule has 0 unspecified atom stereocenters. The summed E-state index contributed by atoms with van der Waals surface area (Å²) in [6, 6.07) is 6.87. The van der Waals surface area contributed by atoms with Gasteiger partial charge in [-0.05, 0) is 38.3 Å². The summed E-state index contributed by atoms with van der Waals surface area (Å²) in [7, 11) is -3.39. The molecule has 0 spiro atoms. The Morgan fingerprint density at radius 1 is 1.26 bits per heavy atom. The lowest BCUT2D eigenvalue weighted by atomic mass is 10.2. The number of sulfone groups is 1. The lowest BCUT2D eigenvalue weighted by molar-refractivity contribution is -0.139. The zero-order valence-corrected chi connectivity index (χ0v) is 14.5. The summed E-state index contributed by atoms with van der Waals surface area (Å²) in [6.07, 6.45) is 7.11. The maximum absolute atomic E-state index is 12.6. The van der Waals surface area contributed by atoms with Crippen LogP contribution >= 0.6 is 0 Å². The minimum atomic E-state index is -3.39. The molecule has 4 nitrogen and oxygen atoms in total. The Hall–Kier alpha value is -1.88. The predicted octanol–water partition coefficient (Wildman–Crippen LogP) is 3.61. The predicted molar refractivity (Wildman–Crippen MR) is 92.0 cm³/mol. The fourth-order valence-corrected chi connectivity index (χ4v) is 3.69. The highest BCUT2D eigenvalue weighted by Crippen LogP contribution is 2.21. The van der Waals surface area contributed by atoms with Crippen LogP contribution in [0.2, 0.25) is 0 Å². The van der Waals surface area contributed by atoms with Gasteiger partial charge in [-0.15, -0.1) is 6.58 Å². The van der Waals surface area contributed by atoms with Crippen molar-refractivity contribution in [1.82, 2.24) is 0 Å². The highest BCUT2D eigenvalue weighted by molar-refractivity contribution is 7.92. The first-order valence-corrected chi connectivity index (χ1v) is 9.14. The number of allylic oxidation sites excluding steroid dienone is 1. The lowest BCUT2D eigenvalue weighted by Gasteiger charge is -2.13. The zero-order valence-electron chi connectivity index (χ0n) is 13.7. The Kier molecular flexibility index (Phi) is 7.75. The largest absolute Gasteiger partial charge is 0.462 e. The van der Waals surface area contributed by atoms with Crippen LogP contribution in [0.3, 0.4) is 0 Å². The molecule has 0 aliphatic carbocycles. The van der Waals surface area contributed by atoms with Crippen molar-refractivity contribution in [1.29, 1.82) is 0 Å². The van der Waals surface area contributed by atoms with E-state index in [4.69, 9.17) is 4.74 Å². The number of hydrogen-bond acceptors (Lipinski definition) is 4. The molecule has 0 aromatic heterocycles. The van der Waals surface area contributed by atoms with E-state index in [1.165, 1.54) is 13.0 Å². The number of esters is 1. The number of benzene rings is 1. The van der Waals surface area contributed by atoms with Crippen molar-refractivity contribution < 1.29 is 17.9 Å². The van der Waals surface area contributed by atoms with Crippen molar-refractivity contribution in [3.05, 3.63) is 54.6 Å². The van der Waals surface area contributed by atoms with E-state index in [2.05, 4.69) is 6.58 Å². The van der Waals surface area contributed by atoms with Gasteiger partial charge >= 0.3 is 5.97 Å². The van der Waals surface area contributed by atoms with Gasteiger partial charge in [0.05, 0.1) is 10.1 Å². The van der Waals surface area contributed by atoms with Gasteiger partial charge in [0.15, 0.2) is 9.84 Å². The minimum Gasteiger partial charge on any atom is -0.462 e. The van der Waals surface area contributed by atoms with E-state index in [0.717, 1.165) is 18.4 Å². The van der Waals surface area contributed by atoms with Crippen LogP contribution in [0.15, 0.2) is 54.0 Å². The number of ether oxygens (including phenoxy) is 1. The molecule has 23 heavy (non-hydrogen) atoms. The third-order valence-corrected chi connectivity index (χ3v) is 5.57. The molecule has 0 bridgehead atoms. The van der Waals surface area contributed by atoms with E-state index in [1.54, 1.807) is 30.3 Å². The molecule has 0 saturated carbocycles. The molecule has 0 saturated heterocycles. The molecule has 0 N–H and O–H groups in total. The Morgan fingerprint density at radius 2 is 1.91 bits per heavy atom. The van der Waals surface area contributed by atoms with Crippen molar-refractivity contribution in [2.45, 2.75) is 43.3 Å². The SMILES string of the molecule is C=C[C@H](CCC/C=C/COC(C)=O)S(=O)(=O)c1ccc(C)cc1. The van der Waals surface area contributed by atoms with E-state index in [-0.39, 0.29) is 12.6 Å². The van der Waals surface area contributed by atoms with Crippen LogP contribution in [0, 0.1) is 6.92 Å². The molecule has 1 aromatic rings. The molecule has 0 heterocycles. The first kappa shape index (κ1) is 19.2. The first-order chi connectivity index (χ1) is 10.9. The van der Waals surface area contributed by atoms with E-state index in [0.29, 0.717) is 11.3 Å². The first-order valence-electron chi connectivity index (χ1n) is 7.59. The average molecular weight is 336 g/mol. The molecule has 0 aliphatic rings. The van der Waals surface area contributed by atoms with Crippen molar-refractivity contribution in [3.8, 4) is 0 Å². The molecule has 5 heteroatoms. The fourth-order valence-electron chi connectivity index (χ4n) is 2.09. The Balaban J connectivity index is 2.54. The maximum Gasteiger partial charge on any atom is 0.302 e. The molecule has 1 rings (SSSR count). The van der Waals surface area contributed by atoms with E-state index >= 15 is 0 Å². The second-order valence-electron chi connectivity index (χ2n) is 5.34. The molecule has 1 aromatic carbocycles. The van der Waals surface area contributed by atoms with Gasteiger partial charge in [-0.1, -0.05) is 35.9 Å². The van der Waals surface area contributed by atoms with Crippen LogP contribution in [0.4, 0.5) is 0 Å². The van der Waals surface area contributed by atoms with Gasteiger partial charge < -0.3 is 4.74 Å². The van der Waals surface area contributed by atoms with Gasteiger partial charge in [0.1, 0.15) is 6.61 Å². The molecular weight excluding hydrogens is 312 g/mol. The van der Waals surface area contributed by atoms with Crippen LogP contribution in [-0.4, -0.2) is 26.2 Å². The Bertz CT molecular complexity index is 642. The average Bonchev–Trinajstić information content (AvgIpc) is 2.50. The summed E-state index contributed by atoms with van der Waals surface area (Å²) in [6.45, 7) is 7.20. The van der Waals surface area contributed by atoms with Gasteiger partial charge in [0.2, 0.25) is 0 Å². The lowest BCUT2D eigenvalue weighted by Crippen LogP contribution is -2.19. The Labute approximate surface area is 138 Å². The van der Waals surface area contributed by atoms with Crippen molar-refractivity contribution in [2.24, 2.45) is 0 Å². The second-order valence-corrected chi connectivity index (χ2v) is 7.50. The van der Waals surface area contributed by atoms with Crippen molar-refractivity contribution in [2.75, 3.05) is 6.61 Å². The van der Waals surface area contributed by atoms with Gasteiger partial charge in [-0.25, -0.2) is 8.42 Å². The third kappa shape index (κ3) is 6.40. The molecule has 0 fully saturated rings. The van der Waals surface area contributed by atoms with E-state index in [9.17, 15) is 13.2 Å². The number of rotatable bonds is 9. The molecule has 126 valence electrons. The number of hydrogen-bond donors (Lipinski definition) is 0. The molecule has 0 amide bonds.